The van der Waals surface area contributed by atoms with Crippen LogP contribution in [0.2, 0.25) is 0 Å². The van der Waals surface area contributed by atoms with Crippen LogP contribution in [-0.2, 0) is 5.41 Å². The Morgan fingerprint density at radius 2 is 1.13 bits per heavy atom. The Kier molecular flexibility index (Phi) is 7.94. The molecule has 0 spiro atoms. The molecular weight excluding hydrogens is 639 g/mol. The highest BCUT2D eigenvalue weighted by Crippen LogP contribution is 2.51. The minimum Gasteiger partial charge on any atom is -0.310 e. The molecule has 1 nitrogen and oxygen atoms in total. The summed E-state index contributed by atoms with van der Waals surface area (Å²) in [5.74, 6) is 0. The van der Waals surface area contributed by atoms with Crippen molar-refractivity contribution in [1.29, 1.82) is 0 Å². The molecule has 254 valence electrons. The average molecular weight is 680 g/mol. The maximum Gasteiger partial charge on any atom is 0.0468 e. The minimum atomic E-state index is -0.181. The summed E-state index contributed by atoms with van der Waals surface area (Å²) >= 11 is 0. The standard InChI is InChI=1S/C52H41N/c1-5-6-20-50-35(2)45-29-27-44(34-51(45)52(50,3)4)53(42-25-23-38(24-26-42)36-14-8-7-9-15-36)43-28-30-47-48(32-40-18-12-13-19-46(40)49(47)33-43)41-22-21-37-16-10-11-17-39(37)31-41/h5-34H,2H2,1,3-4H3/b6-5-,50-20+. The second kappa shape index (κ2) is 13.0. The van der Waals surface area contributed by atoms with Gasteiger partial charge in [0, 0.05) is 22.5 Å². The molecule has 0 saturated heterocycles. The van der Waals surface area contributed by atoms with Crippen molar-refractivity contribution in [3.8, 4) is 22.3 Å². The third-order valence-corrected chi connectivity index (χ3v) is 11.1. The van der Waals surface area contributed by atoms with Crippen LogP contribution in [0, 0.1) is 0 Å². The van der Waals surface area contributed by atoms with E-state index in [-0.39, 0.29) is 5.41 Å². The summed E-state index contributed by atoms with van der Waals surface area (Å²) in [6, 6.07) is 60.1. The number of hydrogen-bond donors (Lipinski definition) is 0. The summed E-state index contributed by atoms with van der Waals surface area (Å²) in [4.78, 5) is 2.42. The van der Waals surface area contributed by atoms with Crippen LogP contribution in [-0.4, -0.2) is 0 Å². The Morgan fingerprint density at radius 1 is 0.491 bits per heavy atom. The summed E-state index contributed by atoms with van der Waals surface area (Å²) in [5, 5.41) is 7.46. The average Bonchev–Trinajstić information content (AvgIpc) is 3.39. The second-order valence-electron chi connectivity index (χ2n) is 14.6. The van der Waals surface area contributed by atoms with E-state index in [4.69, 9.17) is 0 Å². The number of benzene rings is 8. The highest BCUT2D eigenvalue weighted by atomic mass is 15.1. The van der Waals surface area contributed by atoms with Crippen LogP contribution in [0.4, 0.5) is 17.1 Å². The molecule has 0 saturated carbocycles. The molecule has 1 aliphatic carbocycles. The number of rotatable bonds is 6. The number of nitrogens with zero attached hydrogens (tertiary/aromatic N) is 1. The molecule has 0 radical (unpaired) electrons. The van der Waals surface area contributed by atoms with Gasteiger partial charge in [-0.25, -0.2) is 0 Å². The van der Waals surface area contributed by atoms with E-state index < -0.39 is 0 Å². The first kappa shape index (κ1) is 32.5. The molecule has 1 heteroatoms. The Hall–Kier alpha value is -6.44. The molecule has 0 unspecified atom stereocenters. The van der Waals surface area contributed by atoms with Gasteiger partial charge in [0.2, 0.25) is 0 Å². The lowest BCUT2D eigenvalue weighted by Crippen LogP contribution is -2.16. The molecule has 8 aromatic carbocycles. The van der Waals surface area contributed by atoms with Gasteiger partial charge in [0.05, 0.1) is 0 Å². The first-order chi connectivity index (χ1) is 25.9. The normalized spacial score (nSPS) is 14.5. The van der Waals surface area contributed by atoms with Gasteiger partial charge in [-0.2, -0.15) is 0 Å². The summed E-state index contributed by atoms with van der Waals surface area (Å²) < 4.78 is 0. The highest BCUT2D eigenvalue weighted by molar-refractivity contribution is 6.15. The Bertz CT molecular complexity index is 2760. The van der Waals surface area contributed by atoms with E-state index >= 15 is 0 Å². The van der Waals surface area contributed by atoms with Crippen LogP contribution in [0.3, 0.4) is 0 Å². The van der Waals surface area contributed by atoms with Crippen molar-refractivity contribution in [1.82, 2.24) is 0 Å². The first-order valence-electron chi connectivity index (χ1n) is 18.5. The molecule has 0 heterocycles. The molecule has 0 bridgehead atoms. The molecule has 0 amide bonds. The van der Waals surface area contributed by atoms with E-state index in [1.54, 1.807) is 0 Å². The van der Waals surface area contributed by atoms with Crippen molar-refractivity contribution in [3.05, 3.63) is 205 Å². The molecule has 0 atom stereocenters. The van der Waals surface area contributed by atoms with Crippen molar-refractivity contribution in [3.63, 3.8) is 0 Å². The quantitative estimate of drug-likeness (QED) is 0.158. The number of fused-ring (bicyclic) bond motifs is 5. The second-order valence-corrected chi connectivity index (χ2v) is 14.6. The van der Waals surface area contributed by atoms with Crippen LogP contribution < -0.4 is 4.90 Å². The number of allylic oxidation sites excluding steroid dienone is 5. The molecule has 0 aromatic heterocycles. The Morgan fingerprint density at radius 3 is 1.92 bits per heavy atom. The molecule has 53 heavy (non-hydrogen) atoms. The van der Waals surface area contributed by atoms with Gasteiger partial charge in [0.15, 0.2) is 0 Å². The van der Waals surface area contributed by atoms with Crippen LogP contribution in [0.5, 0.6) is 0 Å². The van der Waals surface area contributed by atoms with E-state index in [2.05, 4.69) is 214 Å². The maximum absolute atomic E-state index is 4.55. The monoisotopic (exact) mass is 679 g/mol. The minimum absolute atomic E-state index is 0.181. The molecule has 8 aromatic rings. The van der Waals surface area contributed by atoms with Crippen molar-refractivity contribution >= 4 is 55.0 Å². The van der Waals surface area contributed by atoms with Crippen molar-refractivity contribution in [2.45, 2.75) is 26.2 Å². The van der Waals surface area contributed by atoms with E-state index in [9.17, 15) is 0 Å². The summed E-state index contributed by atoms with van der Waals surface area (Å²) in [7, 11) is 0. The Balaban J connectivity index is 1.25. The van der Waals surface area contributed by atoms with Crippen molar-refractivity contribution in [2.75, 3.05) is 4.90 Å². The van der Waals surface area contributed by atoms with E-state index in [0.29, 0.717) is 0 Å². The predicted octanol–water partition coefficient (Wildman–Crippen LogP) is 14.8. The van der Waals surface area contributed by atoms with Gasteiger partial charge in [-0.3, -0.25) is 0 Å². The molecule has 0 aliphatic heterocycles. The van der Waals surface area contributed by atoms with Gasteiger partial charge in [0.1, 0.15) is 0 Å². The van der Waals surface area contributed by atoms with Crippen molar-refractivity contribution < 1.29 is 0 Å². The van der Waals surface area contributed by atoms with Gasteiger partial charge in [-0.05, 0) is 132 Å². The van der Waals surface area contributed by atoms with Gasteiger partial charge >= 0.3 is 0 Å². The summed E-state index contributed by atoms with van der Waals surface area (Å²) in [5.41, 5.74) is 12.9. The zero-order chi connectivity index (χ0) is 36.1. The first-order valence-corrected chi connectivity index (χ1v) is 18.5. The summed E-state index contributed by atoms with van der Waals surface area (Å²) in [6.45, 7) is 11.2. The van der Waals surface area contributed by atoms with E-state index in [0.717, 1.165) is 22.6 Å². The van der Waals surface area contributed by atoms with Gasteiger partial charge in [-0.15, -0.1) is 0 Å². The molecule has 9 rings (SSSR count). The number of hydrogen-bond acceptors (Lipinski definition) is 1. The highest BCUT2D eigenvalue weighted by Gasteiger charge is 2.37. The van der Waals surface area contributed by atoms with E-state index in [1.807, 2.05) is 0 Å². The third-order valence-electron chi connectivity index (χ3n) is 11.1. The van der Waals surface area contributed by atoms with E-state index in [1.165, 1.54) is 71.3 Å². The summed E-state index contributed by atoms with van der Waals surface area (Å²) in [6.07, 6.45) is 6.44. The van der Waals surface area contributed by atoms with Crippen LogP contribution in [0.15, 0.2) is 194 Å². The van der Waals surface area contributed by atoms with Gasteiger partial charge in [0.25, 0.3) is 0 Å². The largest absolute Gasteiger partial charge is 0.310 e. The zero-order valence-corrected chi connectivity index (χ0v) is 30.5. The lowest BCUT2D eigenvalue weighted by Gasteiger charge is -2.28. The fourth-order valence-corrected chi connectivity index (χ4v) is 8.33. The maximum atomic E-state index is 4.55. The van der Waals surface area contributed by atoms with Crippen molar-refractivity contribution in [2.24, 2.45) is 0 Å². The van der Waals surface area contributed by atoms with Crippen LogP contribution in [0.1, 0.15) is 31.9 Å². The molecular formula is C52H41N. The predicted molar refractivity (Wildman–Crippen MR) is 229 cm³/mol. The molecule has 0 fully saturated rings. The fraction of sp³-hybridized carbons (Fsp3) is 0.0769. The lowest BCUT2D eigenvalue weighted by atomic mass is 9.82. The molecule has 1 aliphatic rings. The Labute approximate surface area is 312 Å². The topological polar surface area (TPSA) is 3.24 Å². The molecule has 0 N–H and O–H groups in total. The zero-order valence-electron chi connectivity index (χ0n) is 30.5. The number of anilines is 3. The lowest BCUT2D eigenvalue weighted by molar-refractivity contribution is 0.661. The third kappa shape index (κ3) is 5.57. The fourth-order valence-electron chi connectivity index (χ4n) is 8.33. The van der Waals surface area contributed by atoms with Gasteiger partial charge in [-0.1, -0.05) is 154 Å². The SMILES string of the molecule is C=C1/C(=C\C=C/C)C(C)(C)c2cc(N(c3ccc(-c4ccccc4)cc3)c3ccc4c(-c5ccc6ccccc6c5)cc5ccccc5c4c3)ccc21. The van der Waals surface area contributed by atoms with Gasteiger partial charge < -0.3 is 4.90 Å². The van der Waals surface area contributed by atoms with Crippen LogP contribution >= 0.6 is 0 Å². The smallest absolute Gasteiger partial charge is 0.0468 e. The van der Waals surface area contributed by atoms with Crippen LogP contribution in [0.25, 0.3) is 60.1 Å².